The standard InChI is InChI=1S/C11H10FNO2/c12-8-3-1-2-7(6-8)9-4-5-10(13-9)11(14)15/h1-3,6,10H,4-5H2,(H,14,15). The number of aliphatic imine (C=N–C) groups is 1. The number of carbonyl (C=O) groups is 1. The van der Waals surface area contributed by atoms with E-state index in [-0.39, 0.29) is 5.82 Å². The lowest BCUT2D eigenvalue weighted by Gasteiger charge is -1.99. The maximum Gasteiger partial charge on any atom is 0.328 e. The van der Waals surface area contributed by atoms with Crippen LogP contribution in [0.4, 0.5) is 4.39 Å². The van der Waals surface area contributed by atoms with E-state index in [1.54, 1.807) is 12.1 Å². The van der Waals surface area contributed by atoms with Crippen molar-refractivity contribution in [2.45, 2.75) is 18.9 Å². The fourth-order valence-electron chi connectivity index (χ4n) is 1.66. The molecular weight excluding hydrogens is 197 g/mol. The minimum absolute atomic E-state index is 0.325. The Balaban J connectivity index is 2.26. The van der Waals surface area contributed by atoms with Crippen molar-refractivity contribution >= 4 is 11.7 Å². The quantitative estimate of drug-likeness (QED) is 0.804. The second kappa shape index (κ2) is 3.81. The molecule has 4 heteroatoms. The van der Waals surface area contributed by atoms with Gasteiger partial charge in [0.1, 0.15) is 11.9 Å². The lowest BCUT2D eigenvalue weighted by molar-refractivity contribution is -0.138. The Bertz CT molecular complexity index is 428. The normalized spacial score (nSPS) is 20.1. The highest BCUT2D eigenvalue weighted by atomic mass is 19.1. The van der Waals surface area contributed by atoms with Crippen molar-refractivity contribution in [2.75, 3.05) is 0 Å². The summed E-state index contributed by atoms with van der Waals surface area (Å²) in [5, 5.41) is 8.75. The zero-order chi connectivity index (χ0) is 10.8. The molecule has 1 aliphatic heterocycles. The van der Waals surface area contributed by atoms with Gasteiger partial charge in [-0.2, -0.15) is 0 Å². The van der Waals surface area contributed by atoms with Gasteiger partial charge in [-0.05, 0) is 30.5 Å². The highest BCUT2D eigenvalue weighted by Gasteiger charge is 2.24. The Hall–Kier alpha value is -1.71. The van der Waals surface area contributed by atoms with E-state index in [9.17, 15) is 9.18 Å². The smallest absolute Gasteiger partial charge is 0.328 e. The molecule has 1 aromatic rings. The van der Waals surface area contributed by atoms with Crippen LogP contribution in [0.2, 0.25) is 0 Å². The van der Waals surface area contributed by atoms with E-state index in [0.717, 1.165) is 0 Å². The van der Waals surface area contributed by atoms with Gasteiger partial charge >= 0.3 is 5.97 Å². The molecule has 0 saturated heterocycles. The van der Waals surface area contributed by atoms with Crippen molar-refractivity contribution in [3.8, 4) is 0 Å². The molecule has 3 nitrogen and oxygen atoms in total. The van der Waals surface area contributed by atoms with Crippen LogP contribution in [0.3, 0.4) is 0 Å². The van der Waals surface area contributed by atoms with Gasteiger partial charge in [0, 0.05) is 5.71 Å². The maximum atomic E-state index is 12.9. The lowest BCUT2D eigenvalue weighted by Crippen LogP contribution is -2.13. The molecule has 1 heterocycles. The zero-order valence-corrected chi connectivity index (χ0v) is 7.98. The van der Waals surface area contributed by atoms with Crippen LogP contribution in [-0.2, 0) is 4.79 Å². The maximum absolute atomic E-state index is 12.9. The van der Waals surface area contributed by atoms with E-state index in [4.69, 9.17) is 5.11 Å². The SMILES string of the molecule is O=C(O)C1CCC(c2cccc(F)c2)=N1. The molecule has 1 unspecified atom stereocenters. The summed E-state index contributed by atoms with van der Waals surface area (Å²) < 4.78 is 12.9. The molecular formula is C11H10FNO2. The first-order valence-electron chi connectivity index (χ1n) is 4.72. The Morgan fingerprint density at radius 2 is 2.33 bits per heavy atom. The van der Waals surface area contributed by atoms with Crippen LogP contribution in [0.25, 0.3) is 0 Å². The molecule has 15 heavy (non-hydrogen) atoms. The minimum atomic E-state index is -0.915. The van der Waals surface area contributed by atoms with Gasteiger partial charge < -0.3 is 5.11 Å². The number of carboxylic acid groups (broad SMARTS) is 1. The molecule has 1 N–H and O–H groups in total. The third kappa shape index (κ3) is 2.03. The number of rotatable bonds is 2. The Labute approximate surface area is 86.3 Å². The number of halogens is 1. The fraction of sp³-hybridized carbons (Fsp3) is 0.273. The molecule has 0 amide bonds. The highest BCUT2D eigenvalue weighted by Crippen LogP contribution is 2.19. The Morgan fingerprint density at radius 1 is 1.53 bits per heavy atom. The number of hydrogen-bond acceptors (Lipinski definition) is 2. The van der Waals surface area contributed by atoms with Gasteiger partial charge in [0.05, 0.1) is 0 Å². The van der Waals surface area contributed by atoms with Crippen LogP contribution in [-0.4, -0.2) is 22.8 Å². The van der Waals surface area contributed by atoms with Crippen molar-refractivity contribution in [2.24, 2.45) is 4.99 Å². The van der Waals surface area contributed by atoms with Crippen LogP contribution in [0, 0.1) is 5.82 Å². The van der Waals surface area contributed by atoms with E-state index in [1.807, 2.05) is 0 Å². The fourth-order valence-corrected chi connectivity index (χ4v) is 1.66. The van der Waals surface area contributed by atoms with E-state index < -0.39 is 12.0 Å². The van der Waals surface area contributed by atoms with Gasteiger partial charge in [0.2, 0.25) is 0 Å². The van der Waals surface area contributed by atoms with Gasteiger partial charge in [-0.15, -0.1) is 0 Å². The van der Waals surface area contributed by atoms with Crippen LogP contribution in [0.15, 0.2) is 29.3 Å². The zero-order valence-electron chi connectivity index (χ0n) is 7.98. The number of aliphatic carboxylic acids is 1. The van der Waals surface area contributed by atoms with Crippen molar-refractivity contribution < 1.29 is 14.3 Å². The summed E-state index contributed by atoms with van der Waals surface area (Å²) in [4.78, 5) is 14.7. The van der Waals surface area contributed by atoms with Gasteiger partial charge in [-0.25, -0.2) is 9.18 Å². The number of hydrogen-bond donors (Lipinski definition) is 1. The average Bonchev–Trinajstić information content (AvgIpc) is 2.66. The second-order valence-corrected chi connectivity index (χ2v) is 3.48. The predicted octanol–water partition coefficient (Wildman–Crippen LogP) is 1.86. The molecule has 0 bridgehead atoms. The molecule has 2 rings (SSSR count). The topological polar surface area (TPSA) is 49.7 Å². The number of nitrogens with zero attached hydrogens (tertiary/aromatic N) is 1. The predicted molar refractivity (Wildman–Crippen MR) is 53.6 cm³/mol. The van der Waals surface area contributed by atoms with Crippen molar-refractivity contribution in [1.82, 2.24) is 0 Å². The van der Waals surface area contributed by atoms with E-state index in [1.165, 1.54) is 12.1 Å². The summed E-state index contributed by atoms with van der Waals surface area (Å²) in [6, 6.07) is 5.41. The molecule has 0 fully saturated rings. The molecule has 0 spiro atoms. The summed E-state index contributed by atoms with van der Waals surface area (Å²) in [6.07, 6.45) is 1.10. The molecule has 0 radical (unpaired) electrons. The summed E-state index contributed by atoms with van der Waals surface area (Å²) in [5.41, 5.74) is 1.36. The van der Waals surface area contributed by atoms with Crippen molar-refractivity contribution in [3.63, 3.8) is 0 Å². The molecule has 1 atom stereocenters. The summed E-state index contributed by atoms with van der Waals surface area (Å²) in [5.74, 6) is -1.24. The van der Waals surface area contributed by atoms with Crippen molar-refractivity contribution in [3.05, 3.63) is 35.6 Å². The largest absolute Gasteiger partial charge is 0.480 e. The Kier molecular flexibility index (Phi) is 2.49. The molecule has 0 aromatic heterocycles. The first-order chi connectivity index (χ1) is 7.16. The van der Waals surface area contributed by atoms with Gasteiger partial charge in [-0.3, -0.25) is 4.99 Å². The van der Waals surface area contributed by atoms with Crippen LogP contribution >= 0.6 is 0 Å². The minimum Gasteiger partial charge on any atom is -0.480 e. The number of carboxylic acids is 1. The lowest BCUT2D eigenvalue weighted by atomic mass is 10.1. The van der Waals surface area contributed by atoms with Crippen LogP contribution < -0.4 is 0 Å². The molecule has 0 saturated carbocycles. The first-order valence-corrected chi connectivity index (χ1v) is 4.72. The van der Waals surface area contributed by atoms with E-state index in [0.29, 0.717) is 24.1 Å². The molecule has 1 aromatic carbocycles. The summed E-state index contributed by atoms with van der Waals surface area (Å²) in [6.45, 7) is 0. The molecule has 1 aliphatic rings. The highest BCUT2D eigenvalue weighted by molar-refractivity contribution is 6.03. The average molecular weight is 207 g/mol. The molecule has 78 valence electrons. The van der Waals surface area contributed by atoms with Gasteiger partial charge in [-0.1, -0.05) is 12.1 Å². The third-order valence-corrected chi connectivity index (χ3v) is 2.41. The van der Waals surface area contributed by atoms with Crippen molar-refractivity contribution in [1.29, 1.82) is 0 Å². The van der Waals surface area contributed by atoms with Gasteiger partial charge in [0.25, 0.3) is 0 Å². The monoisotopic (exact) mass is 207 g/mol. The summed E-state index contributed by atoms with van der Waals surface area (Å²) >= 11 is 0. The van der Waals surface area contributed by atoms with Crippen LogP contribution in [0.5, 0.6) is 0 Å². The third-order valence-electron chi connectivity index (χ3n) is 2.41. The van der Waals surface area contributed by atoms with Crippen LogP contribution in [0.1, 0.15) is 18.4 Å². The summed E-state index contributed by atoms with van der Waals surface area (Å²) in [7, 11) is 0. The van der Waals surface area contributed by atoms with Gasteiger partial charge in [0.15, 0.2) is 0 Å². The second-order valence-electron chi connectivity index (χ2n) is 3.48. The number of benzene rings is 1. The first kappa shape index (κ1) is 9.83. The van der Waals surface area contributed by atoms with E-state index >= 15 is 0 Å². The molecule has 0 aliphatic carbocycles. The van der Waals surface area contributed by atoms with E-state index in [2.05, 4.69) is 4.99 Å². The Morgan fingerprint density at radius 3 is 2.93 bits per heavy atom.